The van der Waals surface area contributed by atoms with Gasteiger partial charge in [-0.05, 0) is 84.7 Å². The van der Waals surface area contributed by atoms with E-state index in [0.29, 0.717) is 11.1 Å². The van der Waals surface area contributed by atoms with Crippen molar-refractivity contribution >= 4 is 0 Å². The van der Waals surface area contributed by atoms with Crippen LogP contribution in [0.5, 0.6) is 0 Å². The monoisotopic (exact) mass is 644 g/mol. The first kappa shape index (κ1) is 38.7. The molecule has 0 atom stereocenters. The van der Waals surface area contributed by atoms with E-state index in [1.165, 1.54) is 134 Å². The highest BCUT2D eigenvalue weighted by Gasteiger charge is 2.22. The molecule has 0 aromatic heterocycles. The standard InChI is InChI=1S/C22H32FN.C21H30FN/c1-2-3-4-5-6-7-18-8-10-19(11-9-18)12-14-21-15-13-20(17-24)16-22(21)23;1-2-3-4-5-6-17-7-9-18(10-8-17)11-13-20-14-12-19(16-23)15-21(20)22/h13,15-16,18-19H,2-12,14H2,1H3;12,14-15,17-18H,2-11,13H2,1H3/t;17-,18-. The lowest BCUT2D eigenvalue weighted by Gasteiger charge is -2.28. The zero-order valence-corrected chi connectivity index (χ0v) is 29.7. The quantitative estimate of drug-likeness (QED) is 0.161. The van der Waals surface area contributed by atoms with E-state index in [-0.39, 0.29) is 11.6 Å². The van der Waals surface area contributed by atoms with Crippen molar-refractivity contribution in [2.24, 2.45) is 23.7 Å². The predicted octanol–water partition coefficient (Wildman–Crippen LogP) is 13.2. The maximum atomic E-state index is 13.9. The molecule has 2 aromatic carbocycles. The van der Waals surface area contributed by atoms with E-state index in [1.54, 1.807) is 24.3 Å². The number of halogens is 2. The zero-order valence-electron chi connectivity index (χ0n) is 29.7. The van der Waals surface area contributed by atoms with Gasteiger partial charge in [0.2, 0.25) is 0 Å². The summed E-state index contributed by atoms with van der Waals surface area (Å²) in [5.41, 5.74) is 2.36. The summed E-state index contributed by atoms with van der Waals surface area (Å²) in [5.74, 6) is 2.97. The summed E-state index contributed by atoms with van der Waals surface area (Å²) in [6, 6.07) is 13.7. The summed E-state index contributed by atoms with van der Waals surface area (Å²) in [4.78, 5) is 0. The highest BCUT2D eigenvalue weighted by Crippen LogP contribution is 2.36. The summed E-state index contributed by atoms with van der Waals surface area (Å²) < 4.78 is 27.8. The van der Waals surface area contributed by atoms with Crippen LogP contribution in [-0.4, -0.2) is 0 Å². The first-order valence-electron chi connectivity index (χ1n) is 19.3. The average Bonchev–Trinajstić information content (AvgIpc) is 3.10. The summed E-state index contributed by atoms with van der Waals surface area (Å²) in [6.45, 7) is 4.53. The third kappa shape index (κ3) is 14.9. The van der Waals surface area contributed by atoms with Crippen molar-refractivity contribution in [2.75, 3.05) is 0 Å². The molecule has 0 amide bonds. The molecule has 4 rings (SSSR count). The summed E-state index contributed by atoms with van der Waals surface area (Å²) >= 11 is 0. The van der Waals surface area contributed by atoms with E-state index in [4.69, 9.17) is 10.5 Å². The Balaban J connectivity index is 0.000000256. The van der Waals surface area contributed by atoms with Gasteiger partial charge in [0.05, 0.1) is 23.3 Å². The van der Waals surface area contributed by atoms with Crippen molar-refractivity contribution in [3.8, 4) is 12.1 Å². The van der Waals surface area contributed by atoms with Gasteiger partial charge in [0, 0.05) is 0 Å². The Morgan fingerprint density at radius 1 is 0.511 bits per heavy atom. The second kappa shape index (κ2) is 22.8. The first-order valence-corrected chi connectivity index (χ1v) is 19.3. The molecule has 0 N–H and O–H groups in total. The predicted molar refractivity (Wildman–Crippen MR) is 192 cm³/mol. The molecule has 0 aliphatic heterocycles. The number of nitriles is 2. The zero-order chi connectivity index (χ0) is 33.7. The van der Waals surface area contributed by atoms with Gasteiger partial charge < -0.3 is 0 Å². The van der Waals surface area contributed by atoms with E-state index in [1.807, 2.05) is 12.1 Å². The molecule has 0 unspecified atom stereocenters. The SMILES string of the molecule is CCCCCCCC1CCC(CCc2ccc(C#N)cc2F)CC1.CCCCCC[C@H]1CC[C@H](CCc2ccc(C#N)cc2F)CC1. The van der Waals surface area contributed by atoms with Crippen LogP contribution in [0.3, 0.4) is 0 Å². The molecule has 2 aliphatic carbocycles. The average molecular weight is 645 g/mol. The lowest BCUT2D eigenvalue weighted by atomic mass is 9.77. The van der Waals surface area contributed by atoms with Crippen LogP contribution in [0, 0.1) is 58.0 Å². The molecule has 0 radical (unpaired) electrons. The number of hydrogen-bond acceptors (Lipinski definition) is 2. The molecule has 47 heavy (non-hydrogen) atoms. The van der Waals surface area contributed by atoms with Gasteiger partial charge in [0.25, 0.3) is 0 Å². The van der Waals surface area contributed by atoms with E-state index in [0.717, 1.165) is 60.5 Å². The maximum absolute atomic E-state index is 13.9. The van der Waals surface area contributed by atoms with E-state index >= 15 is 0 Å². The molecule has 2 saturated carbocycles. The third-order valence-corrected chi connectivity index (χ3v) is 11.1. The number of hydrogen-bond donors (Lipinski definition) is 0. The maximum Gasteiger partial charge on any atom is 0.127 e. The fourth-order valence-corrected chi connectivity index (χ4v) is 7.87. The number of rotatable bonds is 17. The third-order valence-electron chi connectivity index (χ3n) is 11.1. The van der Waals surface area contributed by atoms with Crippen molar-refractivity contribution in [3.63, 3.8) is 0 Å². The lowest BCUT2D eigenvalue weighted by Crippen LogP contribution is -2.15. The Morgan fingerprint density at radius 3 is 1.19 bits per heavy atom. The van der Waals surface area contributed by atoms with Gasteiger partial charge in [-0.15, -0.1) is 0 Å². The van der Waals surface area contributed by atoms with Crippen LogP contribution >= 0.6 is 0 Å². The van der Waals surface area contributed by atoms with Gasteiger partial charge in [-0.3, -0.25) is 0 Å². The van der Waals surface area contributed by atoms with E-state index < -0.39 is 0 Å². The molecule has 0 bridgehead atoms. The van der Waals surface area contributed by atoms with Crippen molar-refractivity contribution in [2.45, 2.75) is 162 Å². The molecule has 0 saturated heterocycles. The van der Waals surface area contributed by atoms with Crippen LogP contribution in [0.1, 0.15) is 171 Å². The van der Waals surface area contributed by atoms with Crippen molar-refractivity contribution in [1.29, 1.82) is 10.5 Å². The minimum Gasteiger partial charge on any atom is -0.207 e. The molecule has 258 valence electrons. The smallest absolute Gasteiger partial charge is 0.127 e. The van der Waals surface area contributed by atoms with Gasteiger partial charge in [-0.2, -0.15) is 10.5 Å². The topological polar surface area (TPSA) is 47.6 Å². The van der Waals surface area contributed by atoms with Gasteiger partial charge in [-0.25, -0.2) is 8.78 Å². The molecular formula is C43H62F2N2. The Hall–Kier alpha value is -2.72. The minimum atomic E-state index is -0.214. The van der Waals surface area contributed by atoms with Gasteiger partial charge in [-0.1, -0.05) is 148 Å². The first-order chi connectivity index (χ1) is 22.9. The Bertz CT molecular complexity index is 1230. The number of aryl methyl sites for hydroxylation is 2. The lowest BCUT2D eigenvalue weighted by molar-refractivity contribution is 0.248. The van der Waals surface area contributed by atoms with E-state index in [2.05, 4.69) is 13.8 Å². The van der Waals surface area contributed by atoms with Crippen LogP contribution < -0.4 is 0 Å². The highest BCUT2D eigenvalue weighted by atomic mass is 19.1. The molecule has 2 fully saturated rings. The normalized spacial score (nSPS) is 20.9. The number of benzene rings is 2. The van der Waals surface area contributed by atoms with Crippen LogP contribution in [-0.2, 0) is 12.8 Å². The van der Waals surface area contributed by atoms with Crippen LogP contribution in [0.25, 0.3) is 0 Å². The van der Waals surface area contributed by atoms with Crippen molar-refractivity contribution < 1.29 is 8.78 Å². The van der Waals surface area contributed by atoms with Crippen LogP contribution in [0.4, 0.5) is 8.78 Å². The molecule has 2 aliphatic rings. The molecule has 2 nitrogen and oxygen atoms in total. The molecule has 2 aromatic rings. The second-order valence-corrected chi connectivity index (χ2v) is 14.7. The number of unbranched alkanes of at least 4 members (excludes halogenated alkanes) is 7. The summed E-state index contributed by atoms with van der Waals surface area (Å²) in [7, 11) is 0. The fourth-order valence-electron chi connectivity index (χ4n) is 7.87. The largest absolute Gasteiger partial charge is 0.207 e. The molecule has 0 heterocycles. The Labute approximate surface area is 286 Å². The van der Waals surface area contributed by atoms with Crippen LogP contribution in [0.15, 0.2) is 36.4 Å². The highest BCUT2D eigenvalue weighted by molar-refractivity contribution is 5.33. The molecular weight excluding hydrogens is 582 g/mol. The Kier molecular flexibility index (Phi) is 18.8. The minimum absolute atomic E-state index is 0.213. The van der Waals surface area contributed by atoms with Gasteiger partial charge in [0.15, 0.2) is 0 Å². The van der Waals surface area contributed by atoms with Crippen molar-refractivity contribution in [3.05, 3.63) is 70.3 Å². The number of nitrogens with zero attached hydrogens (tertiary/aromatic N) is 2. The molecule has 4 heteroatoms. The summed E-state index contributed by atoms with van der Waals surface area (Å²) in [5, 5.41) is 17.6. The Morgan fingerprint density at radius 2 is 0.851 bits per heavy atom. The van der Waals surface area contributed by atoms with Crippen molar-refractivity contribution in [1.82, 2.24) is 0 Å². The van der Waals surface area contributed by atoms with Gasteiger partial charge in [0.1, 0.15) is 11.6 Å². The second-order valence-electron chi connectivity index (χ2n) is 14.7. The molecule has 0 spiro atoms. The fraction of sp³-hybridized carbons (Fsp3) is 0.674. The van der Waals surface area contributed by atoms with Gasteiger partial charge >= 0.3 is 0 Å². The van der Waals surface area contributed by atoms with Crippen LogP contribution in [0.2, 0.25) is 0 Å². The van der Waals surface area contributed by atoms with E-state index in [9.17, 15) is 8.78 Å². The summed E-state index contributed by atoms with van der Waals surface area (Å²) in [6.07, 6.45) is 29.8.